The van der Waals surface area contributed by atoms with Gasteiger partial charge in [-0.2, -0.15) is 4.98 Å². The van der Waals surface area contributed by atoms with Crippen LogP contribution in [0.1, 0.15) is 0 Å². The topological polar surface area (TPSA) is 64.1 Å². The molecule has 0 aliphatic heterocycles. The smallest absolute Gasteiger partial charge is 0.310 e. The normalized spacial score (nSPS) is 10.5. The molecule has 12 heavy (non-hydrogen) atoms. The summed E-state index contributed by atoms with van der Waals surface area (Å²) in [5.41, 5.74) is 3.19. The van der Waals surface area contributed by atoms with E-state index in [1.807, 2.05) is 0 Å². The Morgan fingerprint density at radius 3 is 3.08 bits per heavy atom. The highest BCUT2D eigenvalue weighted by atomic mass is 19.1. The van der Waals surface area contributed by atoms with Crippen molar-refractivity contribution in [1.29, 1.82) is 0 Å². The zero-order chi connectivity index (χ0) is 8.55. The molecule has 0 fully saturated rings. The second kappa shape index (κ2) is 2.46. The van der Waals surface area contributed by atoms with Gasteiger partial charge in [0, 0.05) is 6.07 Å². The Hall–Kier alpha value is -1.62. The van der Waals surface area contributed by atoms with Gasteiger partial charge in [-0.3, -0.25) is 5.43 Å². The zero-order valence-electron chi connectivity index (χ0n) is 6.04. The first-order chi connectivity index (χ1) is 5.79. The molecule has 5 heteroatoms. The third kappa shape index (κ3) is 0.998. The van der Waals surface area contributed by atoms with Crippen LogP contribution >= 0.6 is 0 Å². The number of hydrogen-bond acceptors (Lipinski definition) is 4. The molecule has 1 aromatic carbocycles. The van der Waals surface area contributed by atoms with Crippen LogP contribution in [0.3, 0.4) is 0 Å². The van der Waals surface area contributed by atoms with Crippen molar-refractivity contribution in [3.8, 4) is 0 Å². The number of nitrogens with zero attached hydrogens (tertiary/aromatic N) is 1. The van der Waals surface area contributed by atoms with Crippen LogP contribution in [0.5, 0.6) is 0 Å². The highest BCUT2D eigenvalue weighted by Gasteiger charge is 2.03. The van der Waals surface area contributed by atoms with Crippen LogP contribution in [0.4, 0.5) is 10.4 Å². The van der Waals surface area contributed by atoms with Gasteiger partial charge in [-0.05, 0) is 12.1 Å². The number of aromatic nitrogens is 1. The second-order valence-electron chi connectivity index (χ2n) is 2.28. The molecule has 0 aliphatic rings. The van der Waals surface area contributed by atoms with Crippen LogP contribution in [-0.4, -0.2) is 4.98 Å². The number of nitrogen functional groups attached to an aromatic ring is 1. The van der Waals surface area contributed by atoms with Crippen molar-refractivity contribution in [3.63, 3.8) is 0 Å². The summed E-state index contributed by atoms with van der Waals surface area (Å²) in [4.78, 5) is 3.85. The molecule has 0 bridgehead atoms. The molecular weight excluding hydrogens is 161 g/mol. The van der Waals surface area contributed by atoms with Gasteiger partial charge in [-0.1, -0.05) is 0 Å². The lowest BCUT2D eigenvalue weighted by molar-refractivity contribution is 0.612. The average Bonchev–Trinajstić information content (AvgIpc) is 2.46. The summed E-state index contributed by atoms with van der Waals surface area (Å²) in [6.07, 6.45) is 0. The Morgan fingerprint density at radius 2 is 2.33 bits per heavy atom. The Morgan fingerprint density at radius 1 is 1.50 bits per heavy atom. The van der Waals surface area contributed by atoms with Crippen molar-refractivity contribution in [1.82, 2.24) is 4.98 Å². The van der Waals surface area contributed by atoms with Gasteiger partial charge in [0.05, 0.1) is 0 Å². The van der Waals surface area contributed by atoms with Gasteiger partial charge < -0.3 is 4.42 Å². The van der Waals surface area contributed by atoms with E-state index in [-0.39, 0.29) is 11.8 Å². The Labute approximate surface area is 67.2 Å². The summed E-state index contributed by atoms with van der Waals surface area (Å²) in [5, 5.41) is 0. The lowest BCUT2D eigenvalue weighted by Crippen LogP contribution is -2.06. The quantitative estimate of drug-likeness (QED) is 0.495. The molecular formula is C7H6FN3O. The van der Waals surface area contributed by atoms with E-state index in [9.17, 15) is 4.39 Å². The lowest BCUT2D eigenvalue weighted by atomic mass is 10.3. The van der Waals surface area contributed by atoms with Crippen molar-refractivity contribution in [2.45, 2.75) is 0 Å². The van der Waals surface area contributed by atoms with Gasteiger partial charge >= 0.3 is 6.01 Å². The van der Waals surface area contributed by atoms with Gasteiger partial charge in [0.15, 0.2) is 5.58 Å². The summed E-state index contributed by atoms with van der Waals surface area (Å²) in [5.74, 6) is 4.70. The fourth-order valence-corrected chi connectivity index (χ4v) is 0.962. The molecule has 1 aromatic heterocycles. The summed E-state index contributed by atoms with van der Waals surface area (Å²) >= 11 is 0. The van der Waals surface area contributed by atoms with Crippen LogP contribution in [-0.2, 0) is 0 Å². The number of hydrazine groups is 1. The Kier molecular flexibility index (Phi) is 1.44. The molecule has 3 N–H and O–H groups in total. The monoisotopic (exact) mass is 167 g/mol. The average molecular weight is 167 g/mol. The van der Waals surface area contributed by atoms with E-state index in [0.29, 0.717) is 11.1 Å². The summed E-state index contributed by atoms with van der Waals surface area (Å²) < 4.78 is 17.7. The first-order valence-corrected chi connectivity index (χ1v) is 3.32. The molecule has 0 saturated carbocycles. The number of hydrogen-bond donors (Lipinski definition) is 2. The minimum absolute atomic E-state index is 0.176. The second-order valence-corrected chi connectivity index (χ2v) is 2.28. The summed E-state index contributed by atoms with van der Waals surface area (Å²) in [6.45, 7) is 0. The van der Waals surface area contributed by atoms with E-state index in [4.69, 9.17) is 10.3 Å². The fourth-order valence-electron chi connectivity index (χ4n) is 0.962. The predicted octanol–water partition coefficient (Wildman–Crippen LogP) is 1.25. The maximum absolute atomic E-state index is 12.6. The van der Waals surface area contributed by atoms with E-state index in [1.165, 1.54) is 18.2 Å². The minimum atomic E-state index is -0.348. The molecule has 62 valence electrons. The largest absolute Gasteiger partial charge is 0.423 e. The van der Waals surface area contributed by atoms with Crippen LogP contribution < -0.4 is 11.3 Å². The summed E-state index contributed by atoms with van der Waals surface area (Å²) in [7, 11) is 0. The first-order valence-electron chi connectivity index (χ1n) is 3.32. The molecule has 0 unspecified atom stereocenters. The third-order valence-corrected chi connectivity index (χ3v) is 1.47. The zero-order valence-corrected chi connectivity index (χ0v) is 6.04. The van der Waals surface area contributed by atoms with E-state index >= 15 is 0 Å². The highest BCUT2D eigenvalue weighted by molar-refractivity contribution is 5.74. The molecule has 4 nitrogen and oxygen atoms in total. The van der Waals surface area contributed by atoms with Gasteiger partial charge in [0.1, 0.15) is 11.3 Å². The number of fused-ring (bicyclic) bond motifs is 1. The first kappa shape index (κ1) is 7.05. The predicted molar refractivity (Wildman–Crippen MR) is 41.8 cm³/mol. The van der Waals surface area contributed by atoms with Crippen molar-refractivity contribution < 1.29 is 8.81 Å². The van der Waals surface area contributed by atoms with Crippen molar-refractivity contribution in [2.24, 2.45) is 5.84 Å². The molecule has 0 spiro atoms. The van der Waals surface area contributed by atoms with E-state index in [0.717, 1.165) is 0 Å². The van der Waals surface area contributed by atoms with Crippen LogP contribution in [0.15, 0.2) is 22.6 Å². The maximum atomic E-state index is 12.6. The van der Waals surface area contributed by atoms with E-state index in [2.05, 4.69) is 10.4 Å². The molecule has 2 aromatic rings. The van der Waals surface area contributed by atoms with E-state index < -0.39 is 0 Å². The van der Waals surface area contributed by atoms with Crippen LogP contribution in [0.25, 0.3) is 11.1 Å². The fraction of sp³-hybridized carbons (Fsp3) is 0. The summed E-state index contributed by atoms with van der Waals surface area (Å²) in [6, 6.07) is 4.25. The number of nitrogens with one attached hydrogen (secondary N) is 1. The van der Waals surface area contributed by atoms with Gasteiger partial charge in [0.2, 0.25) is 0 Å². The maximum Gasteiger partial charge on any atom is 0.310 e. The number of halogens is 1. The van der Waals surface area contributed by atoms with Gasteiger partial charge in [0.25, 0.3) is 0 Å². The molecule has 2 rings (SSSR count). The minimum Gasteiger partial charge on any atom is -0.423 e. The van der Waals surface area contributed by atoms with Crippen molar-refractivity contribution >= 4 is 17.1 Å². The Bertz CT molecular complexity index is 412. The molecule has 0 radical (unpaired) electrons. The van der Waals surface area contributed by atoms with E-state index in [1.54, 1.807) is 0 Å². The van der Waals surface area contributed by atoms with Gasteiger partial charge in [-0.15, -0.1) is 0 Å². The standard InChI is InChI=1S/C7H6FN3O/c8-4-1-2-6-5(3-4)10-7(11-9)12-6/h1-3H,9H2,(H,10,11). The number of nitrogens with two attached hydrogens (primary N) is 1. The number of rotatable bonds is 1. The molecule has 0 saturated heterocycles. The number of benzene rings is 1. The van der Waals surface area contributed by atoms with Crippen molar-refractivity contribution in [2.75, 3.05) is 5.43 Å². The third-order valence-electron chi connectivity index (χ3n) is 1.47. The molecule has 1 heterocycles. The molecule has 0 atom stereocenters. The van der Waals surface area contributed by atoms with Crippen molar-refractivity contribution in [3.05, 3.63) is 24.0 Å². The molecule has 0 aliphatic carbocycles. The Balaban J connectivity index is 2.67. The highest BCUT2D eigenvalue weighted by Crippen LogP contribution is 2.18. The lowest BCUT2D eigenvalue weighted by Gasteiger charge is -1.85. The van der Waals surface area contributed by atoms with Crippen LogP contribution in [0.2, 0.25) is 0 Å². The SMILES string of the molecule is NNc1nc2cc(F)ccc2o1. The molecule has 0 amide bonds. The number of oxazole rings is 1. The van der Waals surface area contributed by atoms with Gasteiger partial charge in [-0.25, -0.2) is 10.2 Å². The van der Waals surface area contributed by atoms with Crippen LogP contribution in [0, 0.1) is 5.82 Å². The number of anilines is 1.